The van der Waals surface area contributed by atoms with Gasteiger partial charge in [-0.1, -0.05) is 30.3 Å². The predicted octanol–water partition coefficient (Wildman–Crippen LogP) is 2.23. The summed E-state index contributed by atoms with van der Waals surface area (Å²) in [7, 11) is 0. The van der Waals surface area contributed by atoms with E-state index < -0.39 is 36.4 Å². The number of ether oxygens (including phenoxy) is 5. The first kappa shape index (κ1) is 17.6. The van der Waals surface area contributed by atoms with E-state index in [1.54, 1.807) is 13.8 Å². The van der Waals surface area contributed by atoms with Gasteiger partial charge in [-0.2, -0.15) is 0 Å². The average Bonchev–Trinajstić information content (AvgIpc) is 3.01. The van der Waals surface area contributed by atoms with E-state index in [4.69, 9.17) is 35.3 Å². The van der Waals surface area contributed by atoms with Crippen molar-refractivity contribution in [3.8, 4) is 0 Å². The van der Waals surface area contributed by atoms with Crippen LogP contribution in [-0.2, 0) is 35.1 Å². The van der Waals surface area contributed by atoms with E-state index in [1.807, 2.05) is 30.3 Å². The van der Waals surface area contributed by atoms with Crippen LogP contribution in [0.25, 0.3) is 0 Å². The Hall–Kier alpha value is -1.18. The van der Waals surface area contributed by atoms with Gasteiger partial charge < -0.3 is 23.7 Å². The van der Waals surface area contributed by atoms with Crippen LogP contribution >= 0.6 is 11.6 Å². The molecule has 2 aliphatic rings. The number of carbonyl (C=O) groups excluding carboxylic acids is 1. The van der Waals surface area contributed by atoms with Crippen molar-refractivity contribution in [1.29, 1.82) is 0 Å². The number of halogens is 1. The molecule has 0 aliphatic carbocycles. The standard InChI is InChI=1S/C17H21ClO6/c1-17(2)23-15-14(22-13(19)8-18)12(21-16(15)24-17)10-20-9-11-6-4-3-5-7-11/h3-7,12,14-16H,8-10H2,1-2H3/t12-,14+,15-,16-/m1/s1. The maximum atomic E-state index is 11.6. The summed E-state index contributed by atoms with van der Waals surface area (Å²) in [5.41, 5.74) is 1.05. The summed E-state index contributed by atoms with van der Waals surface area (Å²) in [4.78, 5) is 11.6. The highest BCUT2D eigenvalue weighted by Gasteiger charge is 2.56. The third-order valence-electron chi connectivity index (χ3n) is 3.86. The number of hydrogen-bond donors (Lipinski definition) is 0. The molecule has 2 heterocycles. The molecule has 2 aliphatic heterocycles. The van der Waals surface area contributed by atoms with Gasteiger partial charge in [-0.25, -0.2) is 0 Å². The quantitative estimate of drug-likeness (QED) is 0.575. The molecule has 132 valence electrons. The molecule has 0 amide bonds. The number of fused-ring (bicyclic) bond motifs is 1. The number of alkyl halides is 1. The molecule has 2 saturated heterocycles. The van der Waals surface area contributed by atoms with Crippen LogP contribution in [0.3, 0.4) is 0 Å². The Kier molecular flexibility index (Phi) is 5.42. The van der Waals surface area contributed by atoms with Crippen molar-refractivity contribution in [3.05, 3.63) is 35.9 Å². The first-order valence-corrected chi connectivity index (χ1v) is 8.40. The number of rotatable bonds is 6. The van der Waals surface area contributed by atoms with E-state index in [-0.39, 0.29) is 12.5 Å². The minimum atomic E-state index is -0.781. The Morgan fingerprint density at radius 1 is 1.25 bits per heavy atom. The smallest absolute Gasteiger partial charge is 0.321 e. The Bertz CT molecular complexity index is 563. The largest absolute Gasteiger partial charge is 0.456 e. The van der Waals surface area contributed by atoms with Gasteiger partial charge in [0.25, 0.3) is 0 Å². The molecule has 0 saturated carbocycles. The molecule has 0 unspecified atom stereocenters. The molecule has 0 spiro atoms. The van der Waals surface area contributed by atoms with E-state index in [0.29, 0.717) is 6.61 Å². The van der Waals surface area contributed by atoms with Crippen molar-refractivity contribution in [2.45, 2.75) is 50.8 Å². The molecule has 24 heavy (non-hydrogen) atoms. The number of hydrogen-bond acceptors (Lipinski definition) is 6. The van der Waals surface area contributed by atoms with Crippen LogP contribution in [0.5, 0.6) is 0 Å². The minimum Gasteiger partial charge on any atom is -0.456 e. The van der Waals surface area contributed by atoms with Gasteiger partial charge in [-0.15, -0.1) is 11.6 Å². The van der Waals surface area contributed by atoms with Crippen LogP contribution in [0, 0.1) is 0 Å². The summed E-state index contributed by atoms with van der Waals surface area (Å²) in [6.07, 6.45) is -2.15. The lowest BCUT2D eigenvalue weighted by atomic mass is 10.1. The van der Waals surface area contributed by atoms with Crippen molar-refractivity contribution in [2.24, 2.45) is 0 Å². The summed E-state index contributed by atoms with van der Waals surface area (Å²) in [5, 5.41) is 0. The fourth-order valence-electron chi connectivity index (χ4n) is 2.87. The highest BCUT2D eigenvalue weighted by atomic mass is 35.5. The van der Waals surface area contributed by atoms with Crippen LogP contribution in [0.2, 0.25) is 0 Å². The molecule has 2 fully saturated rings. The Morgan fingerprint density at radius 3 is 2.71 bits per heavy atom. The molecule has 4 atom stereocenters. The van der Waals surface area contributed by atoms with Crippen LogP contribution < -0.4 is 0 Å². The molecule has 0 aromatic heterocycles. The van der Waals surface area contributed by atoms with Crippen molar-refractivity contribution >= 4 is 17.6 Å². The zero-order valence-corrected chi connectivity index (χ0v) is 14.4. The topological polar surface area (TPSA) is 63.2 Å². The van der Waals surface area contributed by atoms with Gasteiger partial charge in [0, 0.05) is 0 Å². The first-order valence-electron chi connectivity index (χ1n) is 7.87. The molecule has 6 nitrogen and oxygen atoms in total. The van der Waals surface area contributed by atoms with Gasteiger partial charge in [0.2, 0.25) is 0 Å². The highest BCUT2D eigenvalue weighted by molar-refractivity contribution is 6.26. The molecular formula is C17H21ClO6. The summed E-state index contributed by atoms with van der Waals surface area (Å²) in [6.45, 7) is 4.28. The Labute approximate surface area is 145 Å². The maximum Gasteiger partial charge on any atom is 0.321 e. The number of esters is 1. The number of carbonyl (C=O) groups is 1. The summed E-state index contributed by atoms with van der Waals surface area (Å²) in [5.74, 6) is -1.53. The average molecular weight is 357 g/mol. The maximum absolute atomic E-state index is 11.6. The fraction of sp³-hybridized carbons (Fsp3) is 0.588. The van der Waals surface area contributed by atoms with Crippen molar-refractivity contribution in [1.82, 2.24) is 0 Å². The van der Waals surface area contributed by atoms with Gasteiger partial charge in [-0.05, 0) is 19.4 Å². The van der Waals surface area contributed by atoms with Crippen molar-refractivity contribution in [3.63, 3.8) is 0 Å². The lowest BCUT2D eigenvalue weighted by Gasteiger charge is -2.25. The lowest BCUT2D eigenvalue weighted by Crippen LogP contribution is -2.40. The van der Waals surface area contributed by atoms with Crippen LogP contribution in [0.15, 0.2) is 30.3 Å². The molecule has 3 rings (SSSR count). The second-order valence-electron chi connectivity index (χ2n) is 6.23. The van der Waals surface area contributed by atoms with E-state index in [0.717, 1.165) is 5.56 Å². The monoisotopic (exact) mass is 356 g/mol. The summed E-state index contributed by atoms with van der Waals surface area (Å²) < 4.78 is 28.4. The molecule has 1 aromatic carbocycles. The van der Waals surface area contributed by atoms with Gasteiger partial charge in [0.05, 0.1) is 13.2 Å². The van der Waals surface area contributed by atoms with Gasteiger partial charge in [0.15, 0.2) is 24.3 Å². The second-order valence-corrected chi connectivity index (χ2v) is 6.50. The summed E-state index contributed by atoms with van der Waals surface area (Å²) in [6, 6.07) is 9.80. The molecule has 0 bridgehead atoms. The van der Waals surface area contributed by atoms with Gasteiger partial charge in [0.1, 0.15) is 12.0 Å². The molecule has 1 aromatic rings. The summed E-state index contributed by atoms with van der Waals surface area (Å²) >= 11 is 5.54. The van der Waals surface area contributed by atoms with Crippen molar-refractivity contribution in [2.75, 3.05) is 12.5 Å². The second kappa shape index (κ2) is 7.37. The Morgan fingerprint density at radius 2 is 2.00 bits per heavy atom. The molecular weight excluding hydrogens is 336 g/mol. The van der Waals surface area contributed by atoms with Crippen LogP contribution in [0.4, 0.5) is 0 Å². The highest BCUT2D eigenvalue weighted by Crippen LogP contribution is 2.38. The van der Waals surface area contributed by atoms with E-state index >= 15 is 0 Å². The minimum absolute atomic E-state index is 0.226. The number of benzene rings is 1. The van der Waals surface area contributed by atoms with E-state index in [1.165, 1.54) is 0 Å². The predicted molar refractivity (Wildman–Crippen MR) is 85.4 cm³/mol. The van der Waals surface area contributed by atoms with Crippen LogP contribution in [0.1, 0.15) is 19.4 Å². The SMILES string of the molecule is CC1(C)O[C@H]2O[C@H](COCc3ccccc3)[C@H](OC(=O)CCl)[C@H]2O1. The Balaban J connectivity index is 1.60. The van der Waals surface area contributed by atoms with Gasteiger partial charge in [-0.3, -0.25) is 4.79 Å². The molecule has 0 N–H and O–H groups in total. The van der Waals surface area contributed by atoms with Gasteiger partial charge >= 0.3 is 5.97 Å². The molecule has 0 radical (unpaired) electrons. The van der Waals surface area contributed by atoms with E-state index in [2.05, 4.69) is 0 Å². The third-order valence-corrected chi connectivity index (χ3v) is 4.08. The van der Waals surface area contributed by atoms with Crippen LogP contribution in [-0.4, -0.2) is 48.8 Å². The zero-order chi connectivity index (χ0) is 17.2. The van der Waals surface area contributed by atoms with E-state index in [9.17, 15) is 4.79 Å². The zero-order valence-electron chi connectivity index (χ0n) is 13.6. The lowest BCUT2D eigenvalue weighted by molar-refractivity contribution is -0.223. The normalized spacial score (nSPS) is 31.0. The van der Waals surface area contributed by atoms with Crippen molar-refractivity contribution < 1.29 is 28.5 Å². The molecule has 7 heteroatoms. The first-order chi connectivity index (χ1) is 11.5. The fourth-order valence-corrected chi connectivity index (χ4v) is 2.94. The third kappa shape index (κ3) is 4.07.